The first-order valence-corrected chi connectivity index (χ1v) is 6.17. The van der Waals surface area contributed by atoms with Gasteiger partial charge in [-0.2, -0.15) is 0 Å². The van der Waals surface area contributed by atoms with Crippen LogP contribution >= 0.6 is 0 Å². The predicted molar refractivity (Wildman–Crippen MR) is 67.9 cm³/mol. The lowest BCUT2D eigenvalue weighted by Gasteiger charge is -2.39. The van der Waals surface area contributed by atoms with Gasteiger partial charge in [-0.05, 0) is 19.5 Å². The van der Waals surface area contributed by atoms with Crippen LogP contribution in [0, 0.1) is 0 Å². The molecular formula is C12H18N4O2. The molecule has 0 amide bonds. The molecular weight excluding hydrogens is 232 g/mol. The maximum absolute atomic E-state index is 10.9. The zero-order valence-corrected chi connectivity index (χ0v) is 10.7. The molecule has 98 valence electrons. The van der Waals surface area contributed by atoms with Crippen molar-refractivity contribution < 1.29 is 9.90 Å². The lowest BCUT2D eigenvalue weighted by atomic mass is 10.2. The fourth-order valence-corrected chi connectivity index (χ4v) is 2.27. The van der Waals surface area contributed by atoms with E-state index < -0.39 is 5.97 Å². The highest BCUT2D eigenvalue weighted by atomic mass is 16.4. The number of hydrogen-bond donors (Lipinski definition) is 1. The average molecular weight is 250 g/mol. The smallest absolute Gasteiger partial charge is 0.354 e. The topological polar surface area (TPSA) is 69.6 Å². The first-order valence-electron chi connectivity index (χ1n) is 6.17. The number of carbonyl (C=O) groups is 1. The van der Waals surface area contributed by atoms with E-state index in [4.69, 9.17) is 5.11 Å². The molecule has 1 atom stereocenters. The minimum Gasteiger partial charge on any atom is -0.477 e. The summed E-state index contributed by atoms with van der Waals surface area (Å²) in [5.74, 6) is -0.503. The van der Waals surface area contributed by atoms with Crippen LogP contribution in [0.5, 0.6) is 0 Å². The van der Waals surface area contributed by atoms with Crippen LogP contribution in [-0.2, 0) is 0 Å². The minimum absolute atomic E-state index is 0.0468. The monoisotopic (exact) mass is 250 g/mol. The van der Waals surface area contributed by atoms with Crippen molar-refractivity contribution in [1.29, 1.82) is 0 Å². The number of nitrogens with zero attached hydrogens (tertiary/aromatic N) is 4. The highest BCUT2D eigenvalue weighted by molar-refractivity contribution is 5.85. The van der Waals surface area contributed by atoms with Gasteiger partial charge >= 0.3 is 5.97 Å². The minimum atomic E-state index is -1.01. The van der Waals surface area contributed by atoms with Crippen molar-refractivity contribution in [2.75, 3.05) is 31.1 Å². The lowest BCUT2D eigenvalue weighted by molar-refractivity contribution is 0.0690. The third-order valence-electron chi connectivity index (χ3n) is 3.32. The Morgan fingerprint density at radius 1 is 1.56 bits per heavy atom. The Morgan fingerprint density at radius 3 is 2.94 bits per heavy atom. The fraction of sp³-hybridized carbons (Fsp3) is 0.583. The third-order valence-corrected chi connectivity index (χ3v) is 3.32. The molecule has 0 spiro atoms. The zero-order chi connectivity index (χ0) is 13.1. The van der Waals surface area contributed by atoms with Crippen LogP contribution in [0.2, 0.25) is 0 Å². The molecule has 1 aromatic heterocycles. The van der Waals surface area contributed by atoms with Crippen molar-refractivity contribution in [1.82, 2.24) is 14.9 Å². The quantitative estimate of drug-likeness (QED) is 0.852. The van der Waals surface area contributed by atoms with Gasteiger partial charge in [-0.3, -0.25) is 4.90 Å². The largest absolute Gasteiger partial charge is 0.477 e. The molecule has 1 unspecified atom stereocenters. The number of carboxylic acids is 1. The number of aromatic nitrogens is 2. The second-order valence-electron chi connectivity index (χ2n) is 4.47. The summed E-state index contributed by atoms with van der Waals surface area (Å²) < 4.78 is 0. The van der Waals surface area contributed by atoms with Crippen molar-refractivity contribution in [2.24, 2.45) is 0 Å². The van der Waals surface area contributed by atoms with Crippen LogP contribution in [0.15, 0.2) is 12.3 Å². The molecule has 2 heterocycles. The van der Waals surface area contributed by atoms with Crippen LogP contribution in [0.25, 0.3) is 0 Å². The number of anilines is 1. The molecule has 6 nitrogen and oxygen atoms in total. The molecule has 1 saturated heterocycles. The molecule has 0 bridgehead atoms. The summed E-state index contributed by atoms with van der Waals surface area (Å²) in [6, 6.07) is 1.85. The number of rotatable bonds is 3. The summed E-state index contributed by atoms with van der Waals surface area (Å²) in [5.41, 5.74) is 0.0468. The SMILES string of the molecule is CCN1CCN(c2nccc(C(=O)O)n2)CC1C. The van der Waals surface area contributed by atoms with E-state index in [0.29, 0.717) is 12.0 Å². The van der Waals surface area contributed by atoms with Gasteiger partial charge in [-0.1, -0.05) is 6.92 Å². The lowest BCUT2D eigenvalue weighted by Crippen LogP contribution is -2.52. The summed E-state index contributed by atoms with van der Waals surface area (Å²) in [6.45, 7) is 7.96. The summed E-state index contributed by atoms with van der Waals surface area (Å²) in [4.78, 5) is 23.6. The molecule has 18 heavy (non-hydrogen) atoms. The molecule has 1 aromatic rings. The zero-order valence-electron chi connectivity index (χ0n) is 10.7. The van der Waals surface area contributed by atoms with Gasteiger partial charge in [0.2, 0.25) is 5.95 Å². The molecule has 0 saturated carbocycles. The van der Waals surface area contributed by atoms with Gasteiger partial charge in [0.05, 0.1) is 0 Å². The molecule has 0 radical (unpaired) electrons. The molecule has 0 aliphatic carbocycles. The Morgan fingerprint density at radius 2 is 2.33 bits per heavy atom. The third kappa shape index (κ3) is 2.59. The van der Waals surface area contributed by atoms with Gasteiger partial charge in [0, 0.05) is 31.9 Å². The van der Waals surface area contributed by atoms with Gasteiger partial charge in [0.15, 0.2) is 5.69 Å². The summed E-state index contributed by atoms with van der Waals surface area (Å²) in [7, 11) is 0. The van der Waals surface area contributed by atoms with Gasteiger partial charge in [-0.25, -0.2) is 14.8 Å². The first-order chi connectivity index (χ1) is 8.61. The van der Waals surface area contributed by atoms with Crippen molar-refractivity contribution in [3.05, 3.63) is 18.0 Å². The Kier molecular flexibility index (Phi) is 3.76. The molecule has 0 aromatic carbocycles. The van der Waals surface area contributed by atoms with Crippen LogP contribution in [0.4, 0.5) is 5.95 Å². The average Bonchev–Trinajstić information content (AvgIpc) is 2.38. The van der Waals surface area contributed by atoms with Gasteiger partial charge < -0.3 is 10.0 Å². The highest BCUT2D eigenvalue weighted by Crippen LogP contribution is 2.15. The molecule has 6 heteroatoms. The van der Waals surface area contributed by atoms with Gasteiger partial charge in [0.25, 0.3) is 0 Å². The van der Waals surface area contributed by atoms with Crippen molar-refractivity contribution >= 4 is 11.9 Å². The highest BCUT2D eigenvalue weighted by Gasteiger charge is 2.24. The number of aromatic carboxylic acids is 1. The van der Waals surface area contributed by atoms with Crippen LogP contribution in [0.1, 0.15) is 24.3 Å². The molecule has 1 N–H and O–H groups in total. The maximum Gasteiger partial charge on any atom is 0.354 e. The Labute approximate surface area is 106 Å². The first kappa shape index (κ1) is 12.8. The Bertz CT molecular complexity index is 438. The van der Waals surface area contributed by atoms with E-state index >= 15 is 0 Å². The van der Waals surface area contributed by atoms with Crippen molar-refractivity contribution in [2.45, 2.75) is 19.9 Å². The standard InChI is InChI=1S/C12H18N4O2/c1-3-15-6-7-16(8-9(15)2)12-13-5-4-10(14-12)11(17)18/h4-5,9H,3,6-8H2,1-2H3,(H,17,18). The predicted octanol–water partition coefficient (Wildman–Crippen LogP) is 0.705. The van der Waals surface area contributed by atoms with Gasteiger partial charge in [-0.15, -0.1) is 0 Å². The van der Waals surface area contributed by atoms with E-state index in [9.17, 15) is 4.79 Å². The Balaban J connectivity index is 2.13. The van der Waals surface area contributed by atoms with Crippen molar-refractivity contribution in [3.8, 4) is 0 Å². The fourth-order valence-electron chi connectivity index (χ4n) is 2.27. The Hall–Kier alpha value is -1.69. The number of likely N-dealkylation sites (N-methyl/N-ethyl adjacent to an activating group) is 1. The maximum atomic E-state index is 10.9. The number of carboxylic acid groups (broad SMARTS) is 1. The van der Waals surface area contributed by atoms with E-state index in [1.165, 1.54) is 12.3 Å². The van der Waals surface area contributed by atoms with E-state index in [1.54, 1.807) is 0 Å². The summed E-state index contributed by atoms with van der Waals surface area (Å²) in [5, 5.41) is 8.92. The second-order valence-corrected chi connectivity index (χ2v) is 4.47. The molecule has 1 fully saturated rings. The van der Waals surface area contributed by atoms with Crippen LogP contribution in [-0.4, -0.2) is 58.2 Å². The van der Waals surface area contributed by atoms with E-state index in [2.05, 4.69) is 28.7 Å². The summed E-state index contributed by atoms with van der Waals surface area (Å²) >= 11 is 0. The van der Waals surface area contributed by atoms with E-state index in [-0.39, 0.29) is 5.69 Å². The van der Waals surface area contributed by atoms with Crippen LogP contribution < -0.4 is 4.90 Å². The normalized spacial score (nSPS) is 21.0. The van der Waals surface area contributed by atoms with E-state index in [1.807, 2.05) is 4.90 Å². The second kappa shape index (κ2) is 5.30. The van der Waals surface area contributed by atoms with Crippen molar-refractivity contribution in [3.63, 3.8) is 0 Å². The molecule has 2 rings (SSSR count). The summed E-state index contributed by atoms with van der Waals surface area (Å²) in [6.07, 6.45) is 1.50. The molecule has 1 aliphatic rings. The number of piperazine rings is 1. The number of hydrogen-bond acceptors (Lipinski definition) is 5. The van der Waals surface area contributed by atoms with Crippen LogP contribution in [0.3, 0.4) is 0 Å². The van der Waals surface area contributed by atoms with E-state index in [0.717, 1.165) is 26.2 Å². The van der Waals surface area contributed by atoms with Gasteiger partial charge in [0.1, 0.15) is 0 Å². The molecule has 1 aliphatic heterocycles.